The van der Waals surface area contributed by atoms with Gasteiger partial charge >= 0.3 is 0 Å². The highest BCUT2D eigenvalue weighted by molar-refractivity contribution is 9.10. The molecule has 2 aliphatic carbocycles. The van der Waals surface area contributed by atoms with Gasteiger partial charge in [-0.1, -0.05) is 6.42 Å². The molecule has 2 aliphatic rings. The van der Waals surface area contributed by atoms with E-state index in [4.69, 9.17) is 9.47 Å². The molecule has 0 amide bonds. The molecule has 2 saturated carbocycles. The summed E-state index contributed by atoms with van der Waals surface area (Å²) in [5, 5.41) is 3.69. The van der Waals surface area contributed by atoms with Crippen LogP contribution in [0.5, 0.6) is 5.75 Å². The molecule has 2 fully saturated rings. The van der Waals surface area contributed by atoms with Gasteiger partial charge in [0.25, 0.3) is 0 Å². The lowest BCUT2D eigenvalue weighted by Crippen LogP contribution is -2.64. The molecule has 3 rings (SSSR count). The first-order valence-corrected chi connectivity index (χ1v) is 8.20. The van der Waals surface area contributed by atoms with Crippen molar-refractivity contribution in [3.8, 4) is 5.75 Å². The van der Waals surface area contributed by atoms with E-state index in [1.165, 1.54) is 19.3 Å². The third-order valence-corrected chi connectivity index (χ3v) is 5.55. The van der Waals surface area contributed by atoms with Crippen molar-refractivity contribution in [2.24, 2.45) is 5.41 Å². The Morgan fingerprint density at radius 2 is 2.20 bits per heavy atom. The van der Waals surface area contributed by atoms with Crippen LogP contribution in [-0.2, 0) is 4.74 Å². The van der Waals surface area contributed by atoms with Crippen LogP contribution in [-0.4, -0.2) is 25.9 Å². The fourth-order valence-electron chi connectivity index (χ4n) is 3.60. The zero-order chi connectivity index (χ0) is 14.2. The number of nitrogens with one attached hydrogen (secondary N) is 1. The maximum absolute atomic E-state index is 5.89. The third-order valence-electron chi connectivity index (χ3n) is 4.93. The largest absolute Gasteiger partial charge is 0.496 e. The molecule has 1 aromatic carbocycles. The monoisotopic (exact) mass is 339 g/mol. The predicted molar refractivity (Wildman–Crippen MR) is 84.4 cm³/mol. The van der Waals surface area contributed by atoms with Crippen LogP contribution in [0.25, 0.3) is 0 Å². The van der Waals surface area contributed by atoms with Gasteiger partial charge in [-0.3, -0.25) is 0 Å². The highest BCUT2D eigenvalue weighted by atomic mass is 79.9. The summed E-state index contributed by atoms with van der Waals surface area (Å²) in [6.45, 7) is 2.92. The number of rotatable bonds is 5. The van der Waals surface area contributed by atoms with Crippen molar-refractivity contribution in [1.82, 2.24) is 0 Å². The number of hydrogen-bond acceptors (Lipinski definition) is 3. The molecule has 0 heterocycles. The van der Waals surface area contributed by atoms with Gasteiger partial charge in [0.2, 0.25) is 0 Å². The first-order valence-electron chi connectivity index (χ1n) is 7.41. The first-order chi connectivity index (χ1) is 9.69. The van der Waals surface area contributed by atoms with Crippen LogP contribution in [0.15, 0.2) is 22.7 Å². The van der Waals surface area contributed by atoms with Gasteiger partial charge in [-0.25, -0.2) is 0 Å². The zero-order valence-electron chi connectivity index (χ0n) is 12.1. The summed E-state index contributed by atoms with van der Waals surface area (Å²) in [5.41, 5.74) is 1.55. The molecule has 0 radical (unpaired) electrons. The molecular formula is C16H22BrNO2. The Morgan fingerprint density at radius 1 is 1.40 bits per heavy atom. The van der Waals surface area contributed by atoms with Crippen molar-refractivity contribution in [2.45, 2.75) is 44.8 Å². The van der Waals surface area contributed by atoms with Crippen LogP contribution >= 0.6 is 15.9 Å². The second-order valence-electron chi connectivity index (χ2n) is 5.81. The van der Waals surface area contributed by atoms with E-state index in [1.807, 2.05) is 6.07 Å². The van der Waals surface area contributed by atoms with E-state index < -0.39 is 0 Å². The summed E-state index contributed by atoms with van der Waals surface area (Å²) in [6.07, 6.45) is 5.52. The molecule has 20 heavy (non-hydrogen) atoms. The van der Waals surface area contributed by atoms with Gasteiger partial charge in [0.1, 0.15) is 5.75 Å². The number of anilines is 1. The molecule has 0 saturated heterocycles. The van der Waals surface area contributed by atoms with Crippen LogP contribution in [0, 0.1) is 5.41 Å². The van der Waals surface area contributed by atoms with E-state index in [9.17, 15) is 0 Å². The minimum atomic E-state index is 0.391. The first kappa shape index (κ1) is 14.2. The summed E-state index contributed by atoms with van der Waals surface area (Å²) >= 11 is 3.54. The summed E-state index contributed by atoms with van der Waals surface area (Å²) in [4.78, 5) is 0. The summed E-state index contributed by atoms with van der Waals surface area (Å²) < 4.78 is 12.2. The van der Waals surface area contributed by atoms with Crippen LogP contribution in [0.4, 0.5) is 5.69 Å². The van der Waals surface area contributed by atoms with E-state index in [1.54, 1.807) is 7.11 Å². The number of methoxy groups -OCH3 is 1. The van der Waals surface area contributed by atoms with Crippen LogP contribution < -0.4 is 10.1 Å². The SMILES string of the molecule is CCOC1CC(Nc2ccc(OC)c(Br)c2)C12CCC2. The molecule has 1 spiro atoms. The molecule has 1 aromatic rings. The number of benzene rings is 1. The molecule has 2 atom stereocenters. The second kappa shape index (κ2) is 5.57. The van der Waals surface area contributed by atoms with E-state index >= 15 is 0 Å². The van der Waals surface area contributed by atoms with Gasteiger partial charge in [0.15, 0.2) is 0 Å². The Morgan fingerprint density at radius 3 is 2.75 bits per heavy atom. The molecule has 2 unspecified atom stereocenters. The molecule has 0 bridgehead atoms. The van der Waals surface area contributed by atoms with Crippen LogP contribution in [0.3, 0.4) is 0 Å². The van der Waals surface area contributed by atoms with Gasteiger partial charge < -0.3 is 14.8 Å². The smallest absolute Gasteiger partial charge is 0.133 e. The Bertz CT molecular complexity index is 487. The predicted octanol–water partition coefficient (Wildman–Crippen LogP) is 4.22. The van der Waals surface area contributed by atoms with E-state index in [2.05, 4.69) is 40.3 Å². The average Bonchev–Trinajstić information content (AvgIpc) is 2.35. The maximum atomic E-state index is 5.89. The maximum Gasteiger partial charge on any atom is 0.133 e. The Kier molecular flexibility index (Phi) is 3.95. The van der Waals surface area contributed by atoms with Crippen molar-refractivity contribution in [3.05, 3.63) is 22.7 Å². The Balaban J connectivity index is 1.68. The highest BCUT2D eigenvalue weighted by Crippen LogP contribution is 2.58. The average molecular weight is 340 g/mol. The summed E-state index contributed by atoms with van der Waals surface area (Å²) in [7, 11) is 1.69. The fourth-order valence-corrected chi connectivity index (χ4v) is 4.14. The topological polar surface area (TPSA) is 30.5 Å². The van der Waals surface area contributed by atoms with E-state index in [0.717, 1.165) is 28.9 Å². The molecule has 3 nitrogen and oxygen atoms in total. The van der Waals surface area contributed by atoms with Gasteiger partial charge in [-0.2, -0.15) is 0 Å². The number of hydrogen-bond donors (Lipinski definition) is 1. The number of halogens is 1. The minimum absolute atomic E-state index is 0.391. The highest BCUT2D eigenvalue weighted by Gasteiger charge is 2.58. The van der Waals surface area contributed by atoms with Crippen LogP contribution in [0.1, 0.15) is 32.6 Å². The normalized spacial score (nSPS) is 26.8. The lowest BCUT2D eigenvalue weighted by atomic mass is 9.51. The third kappa shape index (κ3) is 2.23. The summed E-state index contributed by atoms with van der Waals surface area (Å²) in [6, 6.07) is 6.73. The second-order valence-corrected chi connectivity index (χ2v) is 6.67. The lowest BCUT2D eigenvalue weighted by molar-refractivity contribution is -0.157. The molecule has 0 aliphatic heterocycles. The molecule has 110 valence electrons. The fraction of sp³-hybridized carbons (Fsp3) is 0.625. The van der Waals surface area contributed by atoms with Crippen molar-refractivity contribution in [3.63, 3.8) is 0 Å². The molecule has 4 heteroatoms. The van der Waals surface area contributed by atoms with Crippen LogP contribution in [0.2, 0.25) is 0 Å². The van der Waals surface area contributed by atoms with Gasteiger partial charge in [-0.15, -0.1) is 0 Å². The zero-order valence-corrected chi connectivity index (χ0v) is 13.7. The van der Waals surface area contributed by atoms with E-state index in [-0.39, 0.29) is 0 Å². The van der Waals surface area contributed by atoms with Gasteiger partial charge in [0, 0.05) is 23.8 Å². The quantitative estimate of drug-likeness (QED) is 0.871. The lowest BCUT2D eigenvalue weighted by Gasteiger charge is -2.61. The van der Waals surface area contributed by atoms with Gasteiger partial charge in [-0.05, 0) is 60.3 Å². The van der Waals surface area contributed by atoms with Crippen molar-refractivity contribution in [2.75, 3.05) is 19.0 Å². The molecular weight excluding hydrogens is 318 g/mol. The van der Waals surface area contributed by atoms with Gasteiger partial charge in [0.05, 0.1) is 17.7 Å². The minimum Gasteiger partial charge on any atom is -0.496 e. The Hall–Kier alpha value is -0.740. The number of ether oxygens (including phenoxy) is 2. The summed E-state index contributed by atoms with van der Waals surface area (Å²) in [5.74, 6) is 0.870. The van der Waals surface area contributed by atoms with E-state index in [0.29, 0.717) is 17.6 Å². The van der Waals surface area contributed by atoms with Crippen molar-refractivity contribution >= 4 is 21.6 Å². The molecule has 0 aromatic heterocycles. The van der Waals surface area contributed by atoms with Crippen molar-refractivity contribution < 1.29 is 9.47 Å². The standard InChI is InChI=1S/C16H22BrNO2/c1-3-20-15-10-14(16(15)7-4-8-16)18-11-5-6-13(19-2)12(17)9-11/h5-6,9,14-15,18H,3-4,7-8,10H2,1-2H3. The Labute approximate surface area is 129 Å². The molecule has 1 N–H and O–H groups in total. The van der Waals surface area contributed by atoms with Crippen molar-refractivity contribution in [1.29, 1.82) is 0 Å².